The Morgan fingerprint density at radius 3 is 2.41 bits per heavy atom. The molecule has 0 saturated heterocycles. The number of rotatable bonds is 5. The van der Waals surface area contributed by atoms with Crippen molar-refractivity contribution in [3.63, 3.8) is 0 Å². The summed E-state index contributed by atoms with van der Waals surface area (Å²) in [5, 5.41) is 29.2. The van der Waals surface area contributed by atoms with E-state index in [0.717, 1.165) is 0 Å². The number of aliphatic hydroxyl groups excluding tert-OH is 1. The van der Waals surface area contributed by atoms with E-state index in [1.807, 2.05) is 11.4 Å². The molecule has 2 atom stereocenters. The third kappa shape index (κ3) is 3.03. The zero-order valence-corrected chi connectivity index (χ0v) is 8.70. The van der Waals surface area contributed by atoms with Gasteiger partial charge >= 0.3 is 5.97 Å². The molecule has 0 heterocycles. The minimum Gasteiger partial charge on any atom is -0.480 e. The molecule has 1 aromatic rings. The van der Waals surface area contributed by atoms with Crippen molar-refractivity contribution < 1.29 is 19.8 Å². The maximum atomic E-state index is 10.8. The maximum absolute atomic E-state index is 10.8. The van der Waals surface area contributed by atoms with Gasteiger partial charge in [0.05, 0.1) is 11.6 Å². The number of nitriles is 1. The number of hydrogen-bond acceptors (Lipinski definition) is 4. The molecule has 1 rings (SSSR count). The first-order valence-corrected chi connectivity index (χ1v) is 4.70. The number of amides is 1. The Balaban J connectivity index is 2.93. The van der Waals surface area contributed by atoms with Crippen LogP contribution in [0.1, 0.15) is 17.2 Å². The molecule has 17 heavy (non-hydrogen) atoms. The number of nitrogens with one attached hydrogen (secondary N) is 1. The molecular formula is C11H10N2O4. The zero-order chi connectivity index (χ0) is 12.8. The second-order valence-electron chi connectivity index (χ2n) is 3.28. The fourth-order valence-electron chi connectivity index (χ4n) is 1.32. The summed E-state index contributed by atoms with van der Waals surface area (Å²) >= 11 is 0. The van der Waals surface area contributed by atoms with E-state index in [0.29, 0.717) is 11.1 Å². The van der Waals surface area contributed by atoms with E-state index in [1.54, 1.807) is 0 Å². The van der Waals surface area contributed by atoms with Gasteiger partial charge in [0.25, 0.3) is 0 Å². The van der Waals surface area contributed by atoms with Crippen molar-refractivity contribution in [3.05, 3.63) is 35.4 Å². The van der Waals surface area contributed by atoms with Crippen LogP contribution in [0.4, 0.5) is 0 Å². The highest BCUT2D eigenvalue weighted by atomic mass is 16.4. The number of carbonyl (C=O) groups is 2. The second kappa shape index (κ2) is 5.63. The van der Waals surface area contributed by atoms with E-state index >= 15 is 0 Å². The van der Waals surface area contributed by atoms with Gasteiger partial charge in [0.2, 0.25) is 6.41 Å². The Morgan fingerprint density at radius 2 is 2.00 bits per heavy atom. The van der Waals surface area contributed by atoms with Crippen molar-refractivity contribution in [1.29, 1.82) is 5.26 Å². The maximum Gasteiger partial charge on any atom is 0.329 e. The van der Waals surface area contributed by atoms with Crippen LogP contribution in [0.5, 0.6) is 0 Å². The largest absolute Gasteiger partial charge is 0.480 e. The number of nitrogens with zero attached hydrogens (tertiary/aromatic N) is 1. The molecule has 1 amide bonds. The highest BCUT2D eigenvalue weighted by Gasteiger charge is 2.27. The molecule has 1 aromatic carbocycles. The Morgan fingerprint density at radius 1 is 1.41 bits per heavy atom. The summed E-state index contributed by atoms with van der Waals surface area (Å²) in [6.07, 6.45) is -1.16. The molecule has 0 saturated carbocycles. The van der Waals surface area contributed by atoms with E-state index in [1.165, 1.54) is 24.3 Å². The molecular weight excluding hydrogens is 224 g/mol. The molecule has 0 spiro atoms. The fraction of sp³-hybridized carbons (Fsp3) is 0.182. The van der Waals surface area contributed by atoms with Gasteiger partial charge in [-0.1, -0.05) is 12.1 Å². The van der Waals surface area contributed by atoms with E-state index < -0.39 is 18.1 Å². The first-order chi connectivity index (χ1) is 8.10. The number of carboxylic acid groups (broad SMARTS) is 1. The average Bonchev–Trinajstić information content (AvgIpc) is 2.35. The first kappa shape index (κ1) is 12.7. The minimum absolute atomic E-state index is 0.214. The summed E-state index contributed by atoms with van der Waals surface area (Å²) in [5.74, 6) is -1.34. The van der Waals surface area contributed by atoms with Gasteiger partial charge in [-0.15, -0.1) is 0 Å². The standard InChI is InChI=1S/C11H10N2O4/c12-5-7-1-3-8(4-2-7)10(15)9(11(16)17)13-6-14/h1-4,6,9-10,15H,(H,13,14)(H,16,17). The molecule has 0 radical (unpaired) electrons. The van der Waals surface area contributed by atoms with Gasteiger partial charge in [-0.05, 0) is 17.7 Å². The van der Waals surface area contributed by atoms with E-state index in [4.69, 9.17) is 10.4 Å². The summed E-state index contributed by atoms with van der Waals surface area (Å²) in [5.41, 5.74) is 0.710. The lowest BCUT2D eigenvalue weighted by Gasteiger charge is -2.18. The molecule has 0 fully saturated rings. The summed E-state index contributed by atoms with van der Waals surface area (Å²) < 4.78 is 0. The van der Waals surface area contributed by atoms with Crippen LogP contribution in [0, 0.1) is 11.3 Å². The molecule has 0 bridgehead atoms. The summed E-state index contributed by atoms with van der Waals surface area (Å²) in [7, 11) is 0. The highest BCUT2D eigenvalue weighted by Crippen LogP contribution is 2.17. The molecule has 6 heteroatoms. The molecule has 0 aliphatic rings. The van der Waals surface area contributed by atoms with Crippen molar-refractivity contribution in [1.82, 2.24) is 5.32 Å². The van der Waals surface area contributed by atoms with Crippen LogP contribution in [-0.4, -0.2) is 28.6 Å². The van der Waals surface area contributed by atoms with Crippen molar-refractivity contribution in [3.8, 4) is 6.07 Å². The Labute approximate surface area is 97.1 Å². The Kier molecular flexibility index (Phi) is 4.20. The van der Waals surface area contributed by atoms with Gasteiger partial charge in [0.1, 0.15) is 6.10 Å². The van der Waals surface area contributed by atoms with Gasteiger partial charge in [0.15, 0.2) is 6.04 Å². The SMILES string of the molecule is N#Cc1ccc(C(O)C(NC=O)C(=O)O)cc1. The zero-order valence-electron chi connectivity index (χ0n) is 8.70. The van der Waals surface area contributed by atoms with Crippen LogP contribution in [0.25, 0.3) is 0 Å². The number of carbonyl (C=O) groups excluding carboxylic acids is 1. The number of benzene rings is 1. The monoisotopic (exact) mass is 234 g/mol. The lowest BCUT2D eigenvalue weighted by Crippen LogP contribution is -2.40. The van der Waals surface area contributed by atoms with Gasteiger partial charge < -0.3 is 15.5 Å². The number of aliphatic carboxylic acids is 1. The smallest absolute Gasteiger partial charge is 0.329 e. The van der Waals surface area contributed by atoms with Crippen LogP contribution in [0.3, 0.4) is 0 Å². The van der Waals surface area contributed by atoms with E-state index in [9.17, 15) is 14.7 Å². The second-order valence-corrected chi connectivity index (χ2v) is 3.28. The van der Waals surface area contributed by atoms with Crippen molar-refractivity contribution in [2.75, 3.05) is 0 Å². The number of hydrogen-bond donors (Lipinski definition) is 3. The van der Waals surface area contributed by atoms with E-state index in [2.05, 4.69) is 0 Å². The molecule has 6 nitrogen and oxygen atoms in total. The quantitative estimate of drug-likeness (QED) is 0.610. The number of carboxylic acids is 1. The Hall–Kier alpha value is -2.39. The van der Waals surface area contributed by atoms with Gasteiger partial charge in [-0.2, -0.15) is 5.26 Å². The first-order valence-electron chi connectivity index (χ1n) is 4.70. The molecule has 0 aromatic heterocycles. The fourth-order valence-corrected chi connectivity index (χ4v) is 1.32. The third-order valence-electron chi connectivity index (χ3n) is 2.21. The average molecular weight is 234 g/mol. The predicted molar refractivity (Wildman–Crippen MR) is 56.7 cm³/mol. The van der Waals surface area contributed by atoms with Crippen LogP contribution in [0.2, 0.25) is 0 Å². The van der Waals surface area contributed by atoms with Crippen LogP contribution in [0.15, 0.2) is 24.3 Å². The third-order valence-corrected chi connectivity index (χ3v) is 2.21. The minimum atomic E-state index is -1.42. The lowest BCUT2D eigenvalue weighted by molar-refractivity contribution is -0.143. The van der Waals surface area contributed by atoms with Crippen LogP contribution in [-0.2, 0) is 9.59 Å². The summed E-state index contributed by atoms with van der Waals surface area (Å²) in [4.78, 5) is 21.0. The molecule has 0 aliphatic heterocycles. The van der Waals surface area contributed by atoms with Crippen LogP contribution < -0.4 is 5.32 Å². The van der Waals surface area contributed by atoms with Gasteiger partial charge in [0, 0.05) is 0 Å². The number of aliphatic hydroxyl groups is 1. The lowest BCUT2D eigenvalue weighted by atomic mass is 10.0. The Bertz CT molecular complexity index is 450. The summed E-state index contributed by atoms with van der Waals surface area (Å²) in [6.45, 7) is 0. The predicted octanol–water partition coefficient (Wildman–Crippen LogP) is -0.209. The summed E-state index contributed by atoms with van der Waals surface area (Å²) in [6, 6.07) is 6.27. The van der Waals surface area contributed by atoms with Crippen molar-refractivity contribution in [2.24, 2.45) is 0 Å². The molecule has 3 N–H and O–H groups in total. The van der Waals surface area contributed by atoms with Crippen molar-refractivity contribution in [2.45, 2.75) is 12.1 Å². The van der Waals surface area contributed by atoms with E-state index in [-0.39, 0.29) is 6.41 Å². The topological polar surface area (TPSA) is 110 Å². The highest BCUT2D eigenvalue weighted by molar-refractivity contribution is 5.77. The van der Waals surface area contributed by atoms with Crippen molar-refractivity contribution >= 4 is 12.4 Å². The molecule has 88 valence electrons. The van der Waals surface area contributed by atoms with Gasteiger partial charge in [-0.25, -0.2) is 4.79 Å². The molecule has 2 unspecified atom stereocenters. The van der Waals surface area contributed by atoms with Crippen LogP contribution >= 0.6 is 0 Å². The molecule has 0 aliphatic carbocycles. The van der Waals surface area contributed by atoms with Gasteiger partial charge in [-0.3, -0.25) is 4.79 Å². The normalized spacial score (nSPS) is 13.2.